The van der Waals surface area contributed by atoms with Crippen molar-refractivity contribution in [3.8, 4) is 5.75 Å². The average Bonchev–Trinajstić information content (AvgIpc) is 2.96. The van der Waals surface area contributed by atoms with E-state index in [4.69, 9.17) is 16.3 Å². The summed E-state index contributed by atoms with van der Waals surface area (Å²) in [5.74, 6) is -1.30. The van der Waals surface area contributed by atoms with E-state index in [2.05, 4.69) is 26.1 Å². The van der Waals surface area contributed by atoms with Crippen molar-refractivity contribution >= 4 is 57.1 Å². The molecule has 0 radical (unpaired) electrons. The van der Waals surface area contributed by atoms with E-state index >= 15 is 0 Å². The summed E-state index contributed by atoms with van der Waals surface area (Å²) in [4.78, 5) is 36.1. The molecule has 0 unspecified atom stereocenters. The number of hydrogen-bond acceptors (Lipinski definition) is 5. The molecule has 1 fully saturated rings. The third-order valence-electron chi connectivity index (χ3n) is 3.80. The summed E-state index contributed by atoms with van der Waals surface area (Å²) in [5.41, 5.74) is 3.55. The molecule has 0 saturated carbocycles. The fourth-order valence-corrected chi connectivity index (χ4v) is 3.46. The third kappa shape index (κ3) is 4.18. The molecule has 0 spiro atoms. The van der Waals surface area contributed by atoms with Crippen LogP contribution in [0, 0.1) is 0 Å². The van der Waals surface area contributed by atoms with E-state index in [9.17, 15) is 14.4 Å². The summed E-state index contributed by atoms with van der Waals surface area (Å²) < 4.78 is 10.3. The first-order valence-electron chi connectivity index (χ1n) is 8.01. The summed E-state index contributed by atoms with van der Waals surface area (Å²) in [7, 11) is 1.25. The number of benzene rings is 2. The highest BCUT2D eigenvalue weighted by Crippen LogP contribution is 2.35. The van der Waals surface area contributed by atoms with Crippen LogP contribution in [-0.4, -0.2) is 31.5 Å². The number of carbonyl (C=O) groups excluding carboxylic acids is 3. The molecule has 1 aliphatic heterocycles. The Balaban J connectivity index is 1.86. The molecule has 2 aromatic carbocycles. The molecule has 0 aromatic heterocycles. The molecule has 0 atom stereocenters. The molecular formula is C19H14BrClN2O5. The van der Waals surface area contributed by atoms with Crippen molar-refractivity contribution < 1.29 is 23.9 Å². The maximum Gasteiger partial charge on any atom is 0.343 e. The molecule has 2 amide bonds. The monoisotopic (exact) mass is 464 g/mol. The van der Waals surface area contributed by atoms with Crippen molar-refractivity contribution in [2.24, 2.45) is 0 Å². The van der Waals surface area contributed by atoms with Crippen LogP contribution >= 0.6 is 27.5 Å². The van der Waals surface area contributed by atoms with Crippen molar-refractivity contribution in [1.82, 2.24) is 5.43 Å². The van der Waals surface area contributed by atoms with Crippen LogP contribution in [0.4, 0.5) is 5.69 Å². The molecule has 3 rings (SSSR count). The Labute approximate surface area is 174 Å². The predicted octanol–water partition coefficient (Wildman–Crippen LogP) is 3.12. The molecule has 7 nitrogen and oxygen atoms in total. The first-order chi connectivity index (χ1) is 13.4. The molecule has 9 heteroatoms. The number of amides is 2. The summed E-state index contributed by atoms with van der Waals surface area (Å²) in [6, 6.07) is 11.9. The van der Waals surface area contributed by atoms with Crippen molar-refractivity contribution in [3.05, 3.63) is 63.1 Å². The van der Waals surface area contributed by atoms with E-state index in [0.29, 0.717) is 15.7 Å². The minimum absolute atomic E-state index is 0.0324. The van der Waals surface area contributed by atoms with Crippen LogP contribution in [0.1, 0.15) is 5.56 Å². The van der Waals surface area contributed by atoms with Crippen molar-refractivity contribution in [2.75, 3.05) is 18.7 Å². The van der Waals surface area contributed by atoms with Crippen LogP contribution in [0.15, 0.2) is 52.5 Å². The number of nitrogens with one attached hydrogen (secondary N) is 1. The van der Waals surface area contributed by atoms with Gasteiger partial charge in [-0.05, 0) is 51.8 Å². The largest absolute Gasteiger partial charge is 0.479 e. The van der Waals surface area contributed by atoms with Crippen LogP contribution in [0.5, 0.6) is 5.75 Å². The lowest BCUT2D eigenvalue weighted by Crippen LogP contribution is -2.35. The molecule has 1 saturated heterocycles. The number of para-hydroxylation sites is 1. The Morgan fingerprint density at radius 3 is 2.61 bits per heavy atom. The van der Waals surface area contributed by atoms with Gasteiger partial charge in [0.1, 0.15) is 5.57 Å². The highest BCUT2D eigenvalue weighted by Gasteiger charge is 2.34. The molecule has 28 heavy (non-hydrogen) atoms. The van der Waals surface area contributed by atoms with Gasteiger partial charge in [-0.3, -0.25) is 15.0 Å². The van der Waals surface area contributed by atoms with E-state index in [1.807, 2.05) is 6.07 Å². The van der Waals surface area contributed by atoms with Crippen LogP contribution < -0.4 is 15.2 Å². The number of carbonyl (C=O) groups is 3. The van der Waals surface area contributed by atoms with Gasteiger partial charge in [0.2, 0.25) is 0 Å². The number of hydrogen-bond donors (Lipinski definition) is 1. The summed E-state index contributed by atoms with van der Waals surface area (Å²) in [6.45, 7) is -0.303. The van der Waals surface area contributed by atoms with Crippen LogP contribution in [0.3, 0.4) is 0 Å². The Kier molecular flexibility index (Phi) is 6.01. The fourth-order valence-electron chi connectivity index (χ4n) is 2.47. The van der Waals surface area contributed by atoms with Crippen LogP contribution in [-0.2, 0) is 19.1 Å². The Hall–Kier alpha value is -2.84. The van der Waals surface area contributed by atoms with Gasteiger partial charge in [-0.2, -0.15) is 0 Å². The van der Waals surface area contributed by atoms with Gasteiger partial charge in [-0.1, -0.05) is 29.8 Å². The van der Waals surface area contributed by atoms with Crippen LogP contribution in [0.25, 0.3) is 6.08 Å². The molecule has 1 aliphatic rings. The second kappa shape index (κ2) is 8.45. The van der Waals surface area contributed by atoms with Gasteiger partial charge in [0, 0.05) is 0 Å². The van der Waals surface area contributed by atoms with Gasteiger partial charge in [0.15, 0.2) is 12.4 Å². The number of anilines is 1. The van der Waals surface area contributed by atoms with E-state index in [0.717, 1.165) is 0 Å². The summed E-state index contributed by atoms with van der Waals surface area (Å²) >= 11 is 9.52. The second-order valence-electron chi connectivity index (χ2n) is 5.65. The normalized spacial score (nSPS) is 15.0. The zero-order valence-electron chi connectivity index (χ0n) is 14.6. The zero-order valence-corrected chi connectivity index (χ0v) is 16.9. The first-order valence-corrected chi connectivity index (χ1v) is 9.18. The number of nitrogens with zero attached hydrogens (tertiary/aromatic N) is 1. The summed E-state index contributed by atoms with van der Waals surface area (Å²) in [6.07, 6.45) is 1.43. The minimum Gasteiger partial charge on any atom is -0.479 e. The zero-order chi connectivity index (χ0) is 20.3. The van der Waals surface area contributed by atoms with E-state index in [1.54, 1.807) is 30.3 Å². The number of methoxy groups -OCH3 is 1. The van der Waals surface area contributed by atoms with Gasteiger partial charge in [-0.25, -0.2) is 9.80 Å². The molecule has 1 N–H and O–H groups in total. The minimum atomic E-state index is -0.552. The molecule has 144 valence electrons. The average molecular weight is 466 g/mol. The SMILES string of the molecule is COC(=O)COc1c(Cl)cc(C=C2C(=O)NN(c3ccccc3)C2=O)cc1Br. The quantitative estimate of drug-likeness (QED) is 0.417. The first kappa shape index (κ1) is 19.9. The summed E-state index contributed by atoms with van der Waals surface area (Å²) in [5, 5.41) is 1.38. The number of rotatable bonds is 5. The smallest absolute Gasteiger partial charge is 0.343 e. The maximum absolute atomic E-state index is 12.6. The van der Waals surface area contributed by atoms with E-state index < -0.39 is 17.8 Å². The molecule has 0 aliphatic carbocycles. The Morgan fingerprint density at radius 1 is 1.25 bits per heavy atom. The van der Waals surface area contributed by atoms with E-state index in [-0.39, 0.29) is 23.0 Å². The van der Waals surface area contributed by atoms with Gasteiger partial charge < -0.3 is 9.47 Å². The van der Waals surface area contributed by atoms with Gasteiger partial charge in [-0.15, -0.1) is 0 Å². The van der Waals surface area contributed by atoms with Crippen molar-refractivity contribution in [2.45, 2.75) is 0 Å². The lowest BCUT2D eigenvalue weighted by molar-refractivity contribution is -0.143. The van der Waals surface area contributed by atoms with Gasteiger partial charge >= 0.3 is 5.97 Å². The van der Waals surface area contributed by atoms with Crippen LogP contribution in [0.2, 0.25) is 5.02 Å². The molecule has 0 bridgehead atoms. The maximum atomic E-state index is 12.6. The molecule has 1 heterocycles. The lowest BCUT2D eigenvalue weighted by atomic mass is 10.1. The fraction of sp³-hybridized carbons (Fsp3) is 0.105. The van der Waals surface area contributed by atoms with Gasteiger partial charge in [0.25, 0.3) is 11.8 Å². The number of halogens is 2. The Bertz CT molecular complexity index is 955. The number of ether oxygens (including phenoxy) is 2. The second-order valence-corrected chi connectivity index (χ2v) is 6.92. The molecular weight excluding hydrogens is 452 g/mol. The third-order valence-corrected chi connectivity index (χ3v) is 4.67. The van der Waals surface area contributed by atoms with E-state index in [1.165, 1.54) is 24.3 Å². The molecule has 2 aromatic rings. The van der Waals surface area contributed by atoms with Gasteiger partial charge in [0.05, 0.1) is 22.3 Å². The highest BCUT2D eigenvalue weighted by atomic mass is 79.9. The number of hydrazine groups is 1. The Morgan fingerprint density at radius 2 is 1.96 bits per heavy atom. The van der Waals surface area contributed by atoms with Crippen molar-refractivity contribution in [1.29, 1.82) is 0 Å². The highest BCUT2D eigenvalue weighted by molar-refractivity contribution is 9.10. The number of esters is 1. The standard InChI is InChI=1S/C19H14BrClN2O5/c1-27-16(24)10-28-17-14(20)8-11(9-15(17)21)7-13-18(25)22-23(19(13)26)12-5-3-2-4-6-12/h2-9H,10H2,1H3,(H,22,25). The lowest BCUT2D eigenvalue weighted by Gasteiger charge is -2.13. The topological polar surface area (TPSA) is 84.9 Å². The van der Waals surface area contributed by atoms with Crippen molar-refractivity contribution in [3.63, 3.8) is 0 Å². The predicted molar refractivity (Wildman–Crippen MR) is 107 cm³/mol.